The molecule has 2 aliphatic rings. The number of rotatable bonds is 8. The summed E-state index contributed by atoms with van der Waals surface area (Å²) in [7, 11) is 0. The highest BCUT2D eigenvalue weighted by Crippen LogP contribution is 2.36. The minimum atomic E-state index is 0.0214. The Morgan fingerprint density at radius 3 is 2.78 bits per heavy atom. The molecule has 7 heteroatoms. The molecular weight excluding hydrogens is 340 g/mol. The molecule has 1 aromatic heterocycles. The maximum Gasteiger partial charge on any atom is 0.239 e. The number of hydrogen-bond donors (Lipinski definition) is 2. The highest BCUT2D eigenvalue weighted by molar-refractivity contribution is 5.80. The summed E-state index contributed by atoms with van der Waals surface area (Å²) < 4.78 is 1.90. The van der Waals surface area contributed by atoms with E-state index < -0.39 is 0 Å². The lowest BCUT2D eigenvalue weighted by Crippen LogP contribution is -2.30. The van der Waals surface area contributed by atoms with E-state index in [1.54, 1.807) is 0 Å². The van der Waals surface area contributed by atoms with E-state index in [-0.39, 0.29) is 12.5 Å². The fraction of sp³-hybridized carbons (Fsp3) is 0.500. The van der Waals surface area contributed by atoms with Gasteiger partial charge in [0.15, 0.2) is 5.82 Å². The van der Waals surface area contributed by atoms with Crippen LogP contribution in [0.1, 0.15) is 51.0 Å². The van der Waals surface area contributed by atoms with E-state index in [4.69, 9.17) is 0 Å². The Morgan fingerprint density at radius 1 is 1.19 bits per heavy atom. The van der Waals surface area contributed by atoms with E-state index in [2.05, 4.69) is 32.2 Å². The van der Waals surface area contributed by atoms with Crippen LogP contribution in [0.3, 0.4) is 0 Å². The zero-order chi connectivity index (χ0) is 18.5. The van der Waals surface area contributed by atoms with Gasteiger partial charge in [-0.1, -0.05) is 11.6 Å². The molecule has 1 amide bonds. The van der Waals surface area contributed by atoms with Crippen LogP contribution in [0.5, 0.6) is 0 Å². The Kier molecular flexibility index (Phi) is 5.46. The molecule has 7 nitrogen and oxygen atoms in total. The van der Waals surface area contributed by atoms with E-state index in [0.717, 1.165) is 42.9 Å². The zero-order valence-corrected chi connectivity index (χ0v) is 15.5. The molecule has 1 saturated carbocycles. The number of tetrazole rings is 1. The van der Waals surface area contributed by atoms with Crippen LogP contribution in [-0.4, -0.2) is 39.2 Å². The number of carbonyl (C=O) groups is 1. The van der Waals surface area contributed by atoms with Crippen LogP contribution >= 0.6 is 0 Å². The van der Waals surface area contributed by atoms with E-state index in [0.29, 0.717) is 6.04 Å². The van der Waals surface area contributed by atoms with Crippen LogP contribution in [0.15, 0.2) is 35.9 Å². The number of nitrogens with zero attached hydrogens (tertiary/aromatic N) is 4. The lowest BCUT2D eigenvalue weighted by Gasteiger charge is -2.13. The van der Waals surface area contributed by atoms with Crippen molar-refractivity contribution in [1.29, 1.82) is 0 Å². The molecule has 0 bridgehead atoms. The molecule has 0 atom stereocenters. The molecule has 4 rings (SSSR count). The zero-order valence-electron chi connectivity index (χ0n) is 15.5. The molecular formula is C20H26N6O. The number of nitrogens with one attached hydrogen (secondary N) is 2. The molecule has 0 spiro atoms. The number of anilines is 1. The van der Waals surface area contributed by atoms with Crippen molar-refractivity contribution in [2.45, 2.75) is 51.0 Å². The Balaban J connectivity index is 1.23. The van der Waals surface area contributed by atoms with Crippen molar-refractivity contribution in [3.05, 3.63) is 35.9 Å². The first-order chi connectivity index (χ1) is 13.3. The first-order valence-electron chi connectivity index (χ1n) is 9.86. The average Bonchev–Trinajstić information content (AvgIpc) is 3.44. The van der Waals surface area contributed by atoms with E-state index in [1.807, 2.05) is 28.9 Å². The molecule has 142 valence electrons. The van der Waals surface area contributed by atoms with Gasteiger partial charge < -0.3 is 10.6 Å². The van der Waals surface area contributed by atoms with Gasteiger partial charge in [-0.15, -0.1) is 5.10 Å². The molecule has 27 heavy (non-hydrogen) atoms. The first-order valence-corrected chi connectivity index (χ1v) is 9.86. The van der Waals surface area contributed by atoms with Gasteiger partial charge in [0.1, 0.15) is 0 Å². The molecule has 0 radical (unpaired) electrons. The van der Waals surface area contributed by atoms with Gasteiger partial charge >= 0.3 is 0 Å². The Morgan fingerprint density at radius 2 is 2.04 bits per heavy atom. The highest BCUT2D eigenvalue weighted by atomic mass is 16.1. The normalized spacial score (nSPS) is 16.7. The summed E-state index contributed by atoms with van der Waals surface area (Å²) in [6, 6.07) is 8.34. The van der Waals surface area contributed by atoms with Crippen LogP contribution in [0, 0.1) is 0 Å². The van der Waals surface area contributed by atoms with Crippen LogP contribution in [0.2, 0.25) is 0 Å². The van der Waals surface area contributed by atoms with Gasteiger partial charge in [-0.2, -0.15) is 0 Å². The van der Waals surface area contributed by atoms with Gasteiger partial charge in [-0.25, -0.2) is 4.68 Å². The lowest BCUT2D eigenvalue weighted by atomic mass is 9.97. The molecule has 1 aromatic carbocycles. The van der Waals surface area contributed by atoms with Crippen molar-refractivity contribution in [1.82, 2.24) is 25.5 Å². The molecule has 0 saturated heterocycles. The molecule has 2 aliphatic carbocycles. The predicted molar refractivity (Wildman–Crippen MR) is 104 cm³/mol. The number of allylic oxidation sites excluding steroid dienone is 1. The van der Waals surface area contributed by atoms with Gasteiger partial charge in [-0.3, -0.25) is 4.79 Å². The number of benzene rings is 1. The maximum absolute atomic E-state index is 12.0. The summed E-state index contributed by atoms with van der Waals surface area (Å²) in [6.45, 7) is 0.993. The number of hydrogen-bond acceptors (Lipinski definition) is 5. The topological polar surface area (TPSA) is 84.7 Å². The Hall–Kier alpha value is -2.70. The van der Waals surface area contributed by atoms with Gasteiger partial charge in [0.2, 0.25) is 5.91 Å². The lowest BCUT2D eigenvalue weighted by molar-refractivity contribution is -0.119. The Labute approximate surface area is 159 Å². The molecule has 2 aromatic rings. The third-order valence-electron chi connectivity index (χ3n) is 5.14. The quantitative estimate of drug-likeness (QED) is 0.701. The van der Waals surface area contributed by atoms with Crippen molar-refractivity contribution in [3.63, 3.8) is 0 Å². The van der Waals surface area contributed by atoms with Gasteiger partial charge in [0, 0.05) is 17.8 Å². The van der Waals surface area contributed by atoms with Crippen molar-refractivity contribution in [3.8, 4) is 11.4 Å². The van der Waals surface area contributed by atoms with Gasteiger partial charge in [0.05, 0.1) is 12.6 Å². The maximum atomic E-state index is 12.0. The molecule has 2 N–H and O–H groups in total. The first kappa shape index (κ1) is 17.7. The van der Waals surface area contributed by atoms with E-state index in [9.17, 15) is 4.79 Å². The monoisotopic (exact) mass is 366 g/mol. The number of carbonyl (C=O) groups excluding carboxylic acids is 1. The standard InChI is InChI=1S/C20H26N6O/c27-19(21-13-12-15-4-2-1-3-5-15)14-22-17-8-6-16(7-9-17)20-23-24-25-26(20)18-10-11-18/h4,6-9,18,22H,1-3,5,10-14H2,(H,21,27). The second kappa shape index (κ2) is 8.33. The molecule has 1 fully saturated rings. The summed E-state index contributed by atoms with van der Waals surface area (Å²) in [4.78, 5) is 12.0. The molecule has 0 unspecified atom stereocenters. The van der Waals surface area contributed by atoms with Crippen molar-refractivity contribution >= 4 is 11.6 Å². The fourth-order valence-corrected chi connectivity index (χ4v) is 3.42. The third kappa shape index (κ3) is 4.72. The Bertz CT molecular complexity index is 806. The van der Waals surface area contributed by atoms with Gasteiger partial charge in [0.25, 0.3) is 0 Å². The third-order valence-corrected chi connectivity index (χ3v) is 5.14. The number of amides is 1. The van der Waals surface area contributed by atoms with Crippen molar-refractivity contribution < 1.29 is 4.79 Å². The second-order valence-electron chi connectivity index (χ2n) is 7.32. The minimum Gasteiger partial charge on any atom is -0.376 e. The molecule has 0 aliphatic heterocycles. The summed E-state index contributed by atoms with van der Waals surface area (Å²) in [5.41, 5.74) is 3.38. The second-order valence-corrected chi connectivity index (χ2v) is 7.32. The average molecular weight is 366 g/mol. The predicted octanol–water partition coefficient (Wildman–Crippen LogP) is 3.09. The van der Waals surface area contributed by atoms with Crippen molar-refractivity contribution in [2.24, 2.45) is 0 Å². The summed E-state index contributed by atoms with van der Waals surface area (Å²) >= 11 is 0. The smallest absolute Gasteiger partial charge is 0.239 e. The summed E-state index contributed by atoms with van der Waals surface area (Å²) in [5, 5.41) is 18.2. The van der Waals surface area contributed by atoms with E-state index in [1.165, 1.54) is 31.3 Å². The summed E-state index contributed by atoms with van der Waals surface area (Å²) in [6.07, 6.45) is 10.5. The molecule has 1 heterocycles. The fourth-order valence-electron chi connectivity index (χ4n) is 3.42. The number of aromatic nitrogens is 4. The largest absolute Gasteiger partial charge is 0.376 e. The van der Waals surface area contributed by atoms with Crippen LogP contribution < -0.4 is 10.6 Å². The van der Waals surface area contributed by atoms with E-state index >= 15 is 0 Å². The van der Waals surface area contributed by atoms with Crippen LogP contribution in [0.25, 0.3) is 11.4 Å². The minimum absolute atomic E-state index is 0.0214. The van der Waals surface area contributed by atoms with Crippen LogP contribution in [0.4, 0.5) is 5.69 Å². The highest BCUT2D eigenvalue weighted by Gasteiger charge is 2.28. The van der Waals surface area contributed by atoms with Crippen molar-refractivity contribution in [2.75, 3.05) is 18.4 Å². The summed E-state index contributed by atoms with van der Waals surface area (Å²) in [5.74, 6) is 0.826. The SMILES string of the molecule is O=C(CNc1ccc(-c2nnnn2C2CC2)cc1)NCCC1=CCCCC1. The van der Waals surface area contributed by atoms with Gasteiger partial charge in [-0.05, 0) is 79.6 Å². The van der Waals surface area contributed by atoms with Crippen LogP contribution in [-0.2, 0) is 4.79 Å².